The summed E-state index contributed by atoms with van der Waals surface area (Å²) in [4.78, 5) is 9.48. The van der Waals surface area contributed by atoms with E-state index in [0.717, 1.165) is 50.8 Å². The molecule has 1 N–H and O–H groups in total. The third-order valence-corrected chi connectivity index (χ3v) is 4.38. The third-order valence-electron chi connectivity index (χ3n) is 4.38. The number of hydrogen-bond acceptors (Lipinski definition) is 5. The maximum atomic E-state index is 8.96. The molecule has 0 aliphatic carbocycles. The number of aryl methyl sites for hydroxylation is 1. The van der Waals surface area contributed by atoms with Gasteiger partial charge in [0.2, 0.25) is 0 Å². The van der Waals surface area contributed by atoms with Gasteiger partial charge in [0, 0.05) is 38.8 Å². The van der Waals surface area contributed by atoms with Crippen molar-refractivity contribution >= 4 is 5.82 Å². The van der Waals surface area contributed by atoms with Crippen LogP contribution in [0.5, 0.6) is 0 Å². The molecule has 106 valence electrons. The number of nitriles is 1. The molecule has 1 atom stereocenters. The van der Waals surface area contributed by atoms with Gasteiger partial charge in [-0.25, -0.2) is 4.98 Å². The Labute approximate surface area is 120 Å². The van der Waals surface area contributed by atoms with Crippen molar-refractivity contribution in [1.29, 1.82) is 5.26 Å². The normalized spacial score (nSPS) is 23.8. The highest BCUT2D eigenvalue weighted by Gasteiger charge is 2.26. The van der Waals surface area contributed by atoms with E-state index in [1.807, 2.05) is 19.1 Å². The summed E-state index contributed by atoms with van der Waals surface area (Å²) in [6, 6.07) is 6.74. The highest BCUT2D eigenvalue weighted by Crippen LogP contribution is 2.18. The first-order valence-electron chi connectivity index (χ1n) is 7.35. The van der Waals surface area contributed by atoms with Gasteiger partial charge in [0.25, 0.3) is 0 Å². The van der Waals surface area contributed by atoms with E-state index in [2.05, 4.69) is 26.2 Å². The molecule has 3 heterocycles. The Kier molecular flexibility index (Phi) is 3.86. The molecule has 20 heavy (non-hydrogen) atoms. The van der Waals surface area contributed by atoms with Crippen molar-refractivity contribution in [2.45, 2.75) is 19.4 Å². The van der Waals surface area contributed by atoms with Gasteiger partial charge in [-0.15, -0.1) is 0 Å². The Morgan fingerprint density at radius 2 is 2.10 bits per heavy atom. The van der Waals surface area contributed by atoms with E-state index in [0.29, 0.717) is 11.6 Å². The first kappa shape index (κ1) is 13.3. The van der Waals surface area contributed by atoms with Crippen LogP contribution in [0.4, 0.5) is 5.82 Å². The molecule has 0 aromatic carbocycles. The topological polar surface area (TPSA) is 55.2 Å². The average Bonchev–Trinajstić information content (AvgIpc) is 3.01. The molecule has 2 aliphatic rings. The lowest BCUT2D eigenvalue weighted by atomic mass is 10.2. The summed E-state index contributed by atoms with van der Waals surface area (Å²) in [5.41, 5.74) is 1.50. The lowest BCUT2D eigenvalue weighted by Crippen LogP contribution is -2.51. The van der Waals surface area contributed by atoms with Crippen molar-refractivity contribution in [2.24, 2.45) is 0 Å². The second-order valence-electron chi connectivity index (χ2n) is 5.58. The van der Waals surface area contributed by atoms with E-state index in [9.17, 15) is 0 Å². The van der Waals surface area contributed by atoms with Crippen LogP contribution in [0, 0.1) is 18.3 Å². The van der Waals surface area contributed by atoms with Crippen LogP contribution in [-0.2, 0) is 0 Å². The number of pyridine rings is 1. The molecule has 2 fully saturated rings. The smallest absolute Gasteiger partial charge is 0.128 e. The van der Waals surface area contributed by atoms with E-state index in [4.69, 9.17) is 5.26 Å². The van der Waals surface area contributed by atoms with Gasteiger partial charge < -0.3 is 10.2 Å². The molecule has 5 nitrogen and oxygen atoms in total. The van der Waals surface area contributed by atoms with Gasteiger partial charge in [0.15, 0.2) is 0 Å². The largest absolute Gasteiger partial charge is 0.354 e. The maximum absolute atomic E-state index is 8.96. The summed E-state index contributed by atoms with van der Waals surface area (Å²) in [5, 5.41) is 12.4. The number of piperazine rings is 1. The Balaban J connectivity index is 1.63. The molecule has 0 saturated carbocycles. The lowest BCUT2D eigenvalue weighted by molar-refractivity contribution is 0.196. The van der Waals surface area contributed by atoms with Gasteiger partial charge >= 0.3 is 0 Å². The van der Waals surface area contributed by atoms with E-state index >= 15 is 0 Å². The van der Waals surface area contributed by atoms with Crippen molar-refractivity contribution in [2.75, 3.05) is 44.2 Å². The molecular formula is C15H21N5. The van der Waals surface area contributed by atoms with Crippen molar-refractivity contribution in [3.63, 3.8) is 0 Å². The van der Waals surface area contributed by atoms with E-state index in [-0.39, 0.29) is 0 Å². The van der Waals surface area contributed by atoms with Crippen molar-refractivity contribution in [3.8, 4) is 6.07 Å². The molecule has 1 aromatic heterocycles. The predicted octanol–water partition coefficient (Wildman–Crippen LogP) is 0.746. The Morgan fingerprint density at radius 1 is 1.30 bits per heavy atom. The van der Waals surface area contributed by atoms with Gasteiger partial charge in [0.1, 0.15) is 11.9 Å². The highest BCUT2D eigenvalue weighted by molar-refractivity contribution is 5.45. The van der Waals surface area contributed by atoms with Crippen LogP contribution in [0.1, 0.15) is 17.7 Å². The van der Waals surface area contributed by atoms with Gasteiger partial charge in [-0.05, 0) is 32.0 Å². The number of rotatable bonds is 2. The predicted molar refractivity (Wildman–Crippen MR) is 78.7 cm³/mol. The monoisotopic (exact) mass is 271 g/mol. The number of nitrogens with one attached hydrogen (secondary N) is 1. The van der Waals surface area contributed by atoms with E-state index in [1.54, 1.807) is 0 Å². The van der Waals surface area contributed by atoms with Crippen LogP contribution < -0.4 is 10.2 Å². The standard InChI is InChI=1S/C15H21N5/c1-12-13(10-16)2-3-15(18-12)20-8-6-19(7-9-20)14-4-5-17-11-14/h2-3,14,17H,4-9,11H2,1H3. The molecule has 5 heteroatoms. The average molecular weight is 271 g/mol. The number of nitrogens with zero attached hydrogens (tertiary/aromatic N) is 4. The van der Waals surface area contributed by atoms with Crippen molar-refractivity contribution in [3.05, 3.63) is 23.4 Å². The fourth-order valence-corrected chi connectivity index (χ4v) is 3.11. The minimum atomic E-state index is 0.671. The SMILES string of the molecule is Cc1nc(N2CCN(C3CCNC3)CC2)ccc1C#N. The lowest BCUT2D eigenvalue weighted by Gasteiger charge is -2.38. The fraction of sp³-hybridized carbons (Fsp3) is 0.600. The highest BCUT2D eigenvalue weighted by atomic mass is 15.3. The molecule has 2 saturated heterocycles. The molecule has 0 spiro atoms. The van der Waals surface area contributed by atoms with Gasteiger partial charge in [-0.1, -0.05) is 0 Å². The van der Waals surface area contributed by atoms with Crippen molar-refractivity contribution < 1.29 is 0 Å². The first-order valence-corrected chi connectivity index (χ1v) is 7.35. The number of hydrogen-bond donors (Lipinski definition) is 1. The summed E-state index contributed by atoms with van der Waals surface area (Å²) in [5.74, 6) is 1.01. The second kappa shape index (κ2) is 5.78. The maximum Gasteiger partial charge on any atom is 0.128 e. The Morgan fingerprint density at radius 3 is 2.70 bits per heavy atom. The molecule has 0 radical (unpaired) electrons. The van der Waals surface area contributed by atoms with Crippen LogP contribution in [-0.4, -0.2) is 55.2 Å². The van der Waals surface area contributed by atoms with Crippen LogP contribution in [0.2, 0.25) is 0 Å². The van der Waals surface area contributed by atoms with Gasteiger partial charge in [0.05, 0.1) is 11.3 Å². The zero-order chi connectivity index (χ0) is 13.9. The van der Waals surface area contributed by atoms with E-state index < -0.39 is 0 Å². The quantitative estimate of drug-likeness (QED) is 0.860. The molecule has 1 aromatic rings. The van der Waals surface area contributed by atoms with Crippen LogP contribution in [0.3, 0.4) is 0 Å². The zero-order valence-electron chi connectivity index (χ0n) is 12.0. The van der Waals surface area contributed by atoms with Crippen LogP contribution in [0.25, 0.3) is 0 Å². The summed E-state index contributed by atoms with van der Waals surface area (Å²) < 4.78 is 0. The summed E-state index contributed by atoms with van der Waals surface area (Å²) >= 11 is 0. The molecule has 0 amide bonds. The molecule has 3 rings (SSSR count). The van der Waals surface area contributed by atoms with Gasteiger partial charge in [-0.3, -0.25) is 4.90 Å². The Bertz CT molecular complexity index is 507. The molecule has 1 unspecified atom stereocenters. The number of anilines is 1. The van der Waals surface area contributed by atoms with Crippen LogP contribution in [0.15, 0.2) is 12.1 Å². The zero-order valence-corrected chi connectivity index (χ0v) is 12.0. The molecular weight excluding hydrogens is 250 g/mol. The third kappa shape index (κ3) is 2.62. The summed E-state index contributed by atoms with van der Waals surface area (Å²) in [7, 11) is 0. The summed E-state index contributed by atoms with van der Waals surface area (Å²) in [6.45, 7) is 8.45. The molecule has 2 aliphatic heterocycles. The minimum Gasteiger partial charge on any atom is -0.354 e. The molecule has 0 bridgehead atoms. The van der Waals surface area contributed by atoms with E-state index in [1.165, 1.54) is 6.42 Å². The summed E-state index contributed by atoms with van der Waals surface area (Å²) in [6.07, 6.45) is 1.27. The minimum absolute atomic E-state index is 0.671. The van der Waals surface area contributed by atoms with Gasteiger partial charge in [-0.2, -0.15) is 5.26 Å². The first-order chi connectivity index (χ1) is 9.78. The second-order valence-corrected chi connectivity index (χ2v) is 5.58. The Hall–Kier alpha value is -1.64. The van der Waals surface area contributed by atoms with Crippen molar-refractivity contribution in [1.82, 2.24) is 15.2 Å². The fourth-order valence-electron chi connectivity index (χ4n) is 3.11. The number of aromatic nitrogens is 1. The van der Waals surface area contributed by atoms with Crippen LogP contribution >= 0.6 is 0 Å².